The van der Waals surface area contributed by atoms with Crippen molar-refractivity contribution in [1.29, 1.82) is 0 Å². The first-order valence-corrected chi connectivity index (χ1v) is 6.99. The summed E-state index contributed by atoms with van der Waals surface area (Å²) < 4.78 is 43.0. The number of rotatable bonds is 3. The summed E-state index contributed by atoms with van der Waals surface area (Å²) in [5, 5.41) is 0. The van der Waals surface area contributed by atoms with Gasteiger partial charge in [0, 0.05) is 0 Å². The van der Waals surface area contributed by atoms with Crippen LogP contribution in [0.15, 0.2) is 24.3 Å². The van der Waals surface area contributed by atoms with Crippen LogP contribution in [0.4, 0.5) is 18.9 Å². The number of alkyl halides is 3. The molecule has 1 aromatic carbocycles. The number of fused-ring (bicyclic) bond motifs is 1. The standard InChI is InChI=1S/C15H12F3NO4/c1-2-23-14(22)11-9-10(11)13(21)19(12(9)20)8-5-3-4-7(6-8)15(16,17)18/h3-6,9-11H,2H2,1H3/t9-,10-/m0/s1. The molecule has 0 radical (unpaired) electrons. The molecule has 1 heterocycles. The van der Waals surface area contributed by atoms with Gasteiger partial charge in [0.05, 0.1) is 35.6 Å². The Morgan fingerprint density at radius 2 is 1.83 bits per heavy atom. The lowest BCUT2D eigenvalue weighted by atomic mass is 10.1. The van der Waals surface area contributed by atoms with Gasteiger partial charge in [0.15, 0.2) is 0 Å². The Bertz CT molecular complexity index is 678. The van der Waals surface area contributed by atoms with E-state index >= 15 is 0 Å². The third-order valence-electron chi connectivity index (χ3n) is 4.02. The van der Waals surface area contributed by atoms with Crippen molar-refractivity contribution in [2.75, 3.05) is 11.5 Å². The Kier molecular flexibility index (Phi) is 3.42. The minimum absolute atomic E-state index is 0.133. The van der Waals surface area contributed by atoms with E-state index in [0.717, 1.165) is 23.1 Å². The van der Waals surface area contributed by atoms with Crippen LogP contribution in [0.5, 0.6) is 0 Å². The second kappa shape index (κ2) is 5.07. The van der Waals surface area contributed by atoms with Crippen molar-refractivity contribution >= 4 is 23.5 Å². The van der Waals surface area contributed by atoms with Gasteiger partial charge >= 0.3 is 12.1 Å². The molecule has 1 aromatic rings. The van der Waals surface area contributed by atoms with Gasteiger partial charge in [-0.25, -0.2) is 4.90 Å². The second-order valence-corrected chi connectivity index (χ2v) is 5.39. The summed E-state index contributed by atoms with van der Waals surface area (Å²) in [5.41, 5.74) is -1.08. The quantitative estimate of drug-likeness (QED) is 0.629. The fourth-order valence-corrected chi connectivity index (χ4v) is 2.94. The van der Waals surface area contributed by atoms with Gasteiger partial charge in [-0.2, -0.15) is 13.2 Å². The maximum Gasteiger partial charge on any atom is 0.416 e. The van der Waals surface area contributed by atoms with Gasteiger partial charge in [0.2, 0.25) is 11.8 Å². The van der Waals surface area contributed by atoms with Crippen molar-refractivity contribution < 1.29 is 32.3 Å². The number of nitrogens with zero attached hydrogens (tertiary/aromatic N) is 1. The Morgan fingerprint density at radius 1 is 1.22 bits per heavy atom. The first kappa shape index (κ1) is 15.5. The summed E-state index contributed by atoms with van der Waals surface area (Å²) in [4.78, 5) is 36.9. The Labute approximate surface area is 129 Å². The molecule has 0 spiro atoms. The molecule has 1 aliphatic carbocycles. The highest BCUT2D eigenvalue weighted by Crippen LogP contribution is 2.55. The van der Waals surface area contributed by atoms with Crippen LogP contribution in [-0.2, 0) is 25.3 Å². The number of piperidine rings is 1. The van der Waals surface area contributed by atoms with Gasteiger partial charge in [-0.15, -0.1) is 0 Å². The van der Waals surface area contributed by atoms with Crippen LogP contribution in [0.1, 0.15) is 12.5 Å². The molecule has 1 saturated heterocycles. The molecule has 2 amide bonds. The number of carbonyl (C=O) groups is 3. The first-order valence-electron chi connectivity index (χ1n) is 6.99. The molecule has 122 valence electrons. The molecular formula is C15H12F3NO4. The molecule has 1 aliphatic heterocycles. The molecule has 0 N–H and O–H groups in total. The average Bonchev–Trinajstić information content (AvgIpc) is 3.16. The van der Waals surface area contributed by atoms with Crippen LogP contribution in [0.2, 0.25) is 0 Å². The number of ether oxygens (including phenoxy) is 1. The number of halogens is 3. The summed E-state index contributed by atoms with van der Waals surface area (Å²) in [7, 11) is 0. The Balaban J connectivity index is 1.84. The SMILES string of the molecule is CCOC(=O)C1[C@H]2C(=O)N(c3cccc(C(F)(F)F)c3)C(=O)[C@H]12. The zero-order valence-corrected chi connectivity index (χ0v) is 12.0. The fourth-order valence-electron chi connectivity index (χ4n) is 2.94. The number of hydrogen-bond acceptors (Lipinski definition) is 4. The lowest BCUT2D eigenvalue weighted by Crippen LogP contribution is -2.36. The van der Waals surface area contributed by atoms with Gasteiger partial charge in [-0.05, 0) is 25.1 Å². The van der Waals surface area contributed by atoms with E-state index in [4.69, 9.17) is 4.74 Å². The number of imide groups is 1. The van der Waals surface area contributed by atoms with Gasteiger partial charge in [0.25, 0.3) is 0 Å². The number of benzene rings is 1. The molecular weight excluding hydrogens is 315 g/mol. The highest BCUT2D eigenvalue weighted by molar-refractivity contribution is 6.27. The minimum atomic E-state index is -4.57. The molecule has 5 nitrogen and oxygen atoms in total. The molecule has 2 fully saturated rings. The number of amides is 2. The fraction of sp³-hybridized carbons (Fsp3) is 0.400. The summed E-state index contributed by atoms with van der Waals surface area (Å²) in [5.74, 6) is -4.38. The topological polar surface area (TPSA) is 63.7 Å². The van der Waals surface area contributed by atoms with Gasteiger partial charge in [0.1, 0.15) is 0 Å². The summed E-state index contributed by atoms with van der Waals surface area (Å²) in [6.07, 6.45) is -4.57. The monoisotopic (exact) mass is 327 g/mol. The molecule has 23 heavy (non-hydrogen) atoms. The molecule has 0 bridgehead atoms. The van der Waals surface area contributed by atoms with E-state index in [0.29, 0.717) is 0 Å². The van der Waals surface area contributed by atoms with E-state index in [1.807, 2.05) is 0 Å². The van der Waals surface area contributed by atoms with Crippen LogP contribution >= 0.6 is 0 Å². The van der Waals surface area contributed by atoms with Crippen molar-refractivity contribution in [3.05, 3.63) is 29.8 Å². The molecule has 0 aromatic heterocycles. The first-order chi connectivity index (χ1) is 10.8. The number of carbonyl (C=O) groups excluding carboxylic acids is 3. The Hall–Kier alpha value is -2.38. The smallest absolute Gasteiger partial charge is 0.416 e. The van der Waals surface area contributed by atoms with Crippen molar-refractivity contribution in [1.82, 2.24) is 0 Å². The van der Waals surface area contributed by atoms with Crippen molar-refractivity contribution in [3.8, 4) is 0 Å². The lowest BCUT2D eigenvalue weighted by molar-refractivity contribution is -0.147. The van der Waals surface area contributed by atoms with E-state index in [1.165, 1.54) is 6.07 Å². The van der Waals surface area contributed by atoms with E-state index < -0.39 is 47.3 Å². The predicted octanol–water partition coefficient (Wildman–Crippen LogP) is 2.00. The molecule has 0 unspecified atom stereocenters. The molecule has 2 atom stereocenters. The zero-order chi connectivity index (χ0) is 16.9. The third kappa shape index (κ3) is 2.38. The van der Waals surface area contributed by atoms with Crippen LogP contribution < -0.4 is 4.90 Å². The average molecular weight is 327 g/mol. The molecule has 3 rings (SSSR count). The van der Waals surface area contributed by atoms with Crippen molar-refractivity contribution in [2.24, 2.45) is 17.8 Å². The lowest BCUT2D eigenvalue weighted by Gasteiger charge is -2.19. The minimum Gasteiger partial charge on any atom is -0.466 e. The molecule has 1 saturated carbocycles. The maximum atomic E-state index is 12.7. The normalized spacial score (nSPS) is 26.3. The van der Waals surface area contributed by atoms with E-state index in [-0.39, 0.29) is 12.3 Å². The third-order valence-corrected chi connectivity index (χ3v) is 4.02. The zero-order valence-electron chi connectivity index (χ0n) is 12.0. The molecule has 8 heteroatoms. The second-order valence-electron chi connectivity index (χ2n) is 5.39. The summed E-state index contributed by atoms with van der Waals surface area (Å²) in [6, 6.07) is 4.00. The van der Waals surface area contributed by atoms with Gasteiger partial charge in [-0.3, -0.25) is 14.4 Å². The summed E-state index contributed by atoms with van der Waals surface area (Å²) in [6.45, 7) is 1.74. The number of anilines is 1. The predicted molar refractivity (Wildman–Crippen MR) is 71.0 cm³/mol. The number of hydrogen-bond donors (Lipinski definition) is 0. The van der Waals surface area contributed by atoms with E-state index in [1.54, 1.807) is 6.92 Å². The van der Waals surface area contributed by atoms with Gasteiger partial charge < -0.3 is 4.74 Å². The van der Waals surface area contributed by atoms with Crippen molar-refractivity contribution in [3.63, 3.8) is 0 Å². The van der Waals surface area contributed by atoms with Crippen LogP contribution in [0.25, 0.3) is 0 Å². The highest BCUT2D eigenvalue weighted by Gasteiger charge is 2.71. The van der Waals surface area contributed by atoms with Crippen molar-refractivity contribution in [2.45, 2.75) is 13.1 Å². The maximum absolute atomic E-state index is 12.7. The highest BCUT2D eigenvalue weighted by atomic mass is 19.4. The van der Waals surface area contributed by atoms with Crippen LogP contribution in [0.3, 0.4) is 0 Å². The Morgan fingerprint density at radius 3 is 2.35 bits per heavy atom. The van der Waals surface area contributed by atoms with E-state index in [2.05, 4.69) is 0 Å². The summed E-state index contributed by atoms with van der Waals surface area (Å²) >= 11 is 0. The van der Waals surface area contributed by atoms with Crippen LogP contribution in [0, 0.1) is 17.8 Å². The van der Waals surface area contributed by atoms with Crippen LogP contribution in [-0.4, -0.2) is 24.4 Å². The molecule has 2 aliphatic rings. The van der Waals surface area contributed by atoms with Gasteiger partial charge in [-0.1, -0.05) is 6.07 Å². The largest absolute Gasteiger partial charge is 0.466 e. The number of esters is 1. The van der Waals surface area contributed by atoms with E-state index in [9.17, 15) is 27.6 Å².